The summed E-state index contributed by atoms with van der Waals surface area (Å²) in [7, 11) is 1.61. The van der Waals surface area contributed by atoms with Crippen molar-refractivity contribution in [1.82, 2.24) is 5.32 Å². The molecule has 0 saturated heterocycles. The second-order valence-electron chi connectivity index (χ2n) is 5.97. The molecule has 0 aromatic heterocycles. The minimum Gasteiger partial charge on any atom is -0.493 e. The lowest BCUT2D eigenvalue weighted by Crippen LogP contribution is -2.15. The summed E-state index contributed by atoms with van der Waals surface area (Å²) in [6.07, 6.45) is 2.88. The second kappa shape index (κ2) is 11.3. The van der Waals surface area contributed by atoms with E-state index in [1.165, 1.54) is 0 Å². The molecule has 2 aromatic carbocycles. The third-order valence-electron chi connectivity index (χ3n) is 3.94. The fraction of sp³-hybridized carbons (Fsp3) is 0.400. The van der Waals surface area contributed by atoms with Crippen LogP contribution >= 0.6 is 23.2 Å². The number of halogens is 2. The molecule has 2 aromatic rings. The molecule has 142 valence electrons. The van der Waals surface area contributed by atoms with Crippen LogP contribution < -0.4 is 14.8 Å². The number of nitrogens with one attached hydrogen (secondary N) is 1. The van der Waals surface area contributed by atoms with Crippen LogP contribution in [0.2, 0.25) is 10.0 Å². The molecule has 0 radical (unpaired) electrons. The summed E-state index contributed by atoms with van der Waals surface area (Å²) in [5.41, 5.74) is 1.94. The van der Waals surface area contributed by atoms with Crippen molar-refractivity contribution in [1.29, 1.82) is 0 Å². The van der Waals surface area contributed by atoms with Gasteiger partial charge in [0.1, 0.15) is 6.61 Å². The highest BCUT2D eigenvalue weighted by molar-refractivity contribution is 6.31. The van der Waals surface area contributed by atoms with E-state index in [0.717, 1.165) is 36.9 Å². The zero-order valence-corrected chi connectivity index (χ0v) is 16.4. The molecule has 0 aliphatic heterocycles. The molecule has 0 aliphatic rings. The first-order valence-corrected chi connectivity index (χ1v) is 9.45. The number of aliphatic hydroxyl groups is 1. The van der Waals surface area contributed by atoms with E-state index >= 15 is 0 Å². The largest absolute Gasteiger partial charge is 0.493 e. The molecule has 0 saturated carbocycles. The van der Waals surface area contributed by atoms with Gasteiger partial charge in [0.25, 0.3) is 0 Å². The van der Waals surface area contributed by atoms with Crippen molar-refractivity contribution in [3.63, 3.8) is 0 Å². The molecule has 0 aliphatic carbocycles. The van der Waals surface area contributed by atoms with Crippen molar-refractivity contribution in [2.24, 2.45) is 0 Å². The van der Waals surface area contributed by atoms with Crippen LogP contribution in [0.5, 0.6) is 11.5 Å². The number of benzene rings is 2. The maximum absolute atomic E-state index is 8.78. The van der Waals surface area contributed by atoms with E-state index in [-0.39, 0.29) is 6.61 Å². The van der Waals surface area contributed by atoms with Crippen LogP contribution in [-0.4, -0.2) is 25.4 Å². The molecule has 2 N–H and O–H groups in total. The van der Waals surface area contributed by atoms with Gasteiger partial charge in [-0.25, -0.2) is 0 Å². The van der Waals surface area contributed by atoms with Gasteiger partial charge in [0, 0.05) is 29.3 Å². The Morgan fingerprint density at radius 3 is 2.62 bits per heavy atom. The Labute approximate surface area is 165 Å². The Morgan fingerprint density at radius 2 is 1.88 bits per heavy atom. The lowest BCUT2D eigenvalue weighted by Gasteiger charge is -2.14. The molecule has 0 unspecified atom stereocenters. The van der Waals surface area contributed by atoms with E-state index in [4.69, 9.17) is 37.8 Å². The van der Waals surface area contributed by atoms with Gasteiger partial charge >= 0.3 is 0 Å². The molecule has 0 spiro atoms. The predicted molar refractivity (Wildman–Crippen MR) is 106 cm³/mol. The predicted octanol–water partition coefficient (Wildman–Crippen LogP) is 4.83. The first-order valence-electron chi connectivity index (χ1n) is 8.69. The SMILES string of the molecule is COc1cc(CNCCCCCO)c(Cl)cc1OCc1cccc(Cl)c1. The van der Waals surface area contributed by atoms with Crippen molar-refractivity contribution < 1.29 is 14.6 Å². The van der Waals surface area contributed by atoms with E-state index < -0.39 is 0 Å². The van der Waals surface area contributed by atoms with Gasteiger partial charge in [-0.3, -0.25) is 0 Å². The highest BCUT2D eigenvalue weighted by Crippen LogP contribution is 2.34. The van der Waals surface area contributed by atoms with Crippen molar-refractivity contribution in [2.75, 3.05) is 20.3 Å². The first kappa shape index (κ1) is 20.8. The van der Waals surface area contributed by atoms with E-state index in [9.17, 15) is 0 Å². The molecule has 2 rings (SSSR count). The molecule has 6 heteroatoms. The number of hydrogen-bond donors (Lipinski definition) is 2. The van der Waals surface area contributed by atoms with Gasteiger partial charge in [-0.1, -0.05) is 35.3 Å². The number of unbranched alkanes of at least 4 members (excludes halogenated alkanes) is 2. The number of ether oxygens (including phenoxy) is 2. The van der Waals surface area contributed by atoms with Gasteiger partial charge in [-0.15, -0.1) is 0 Å². The summed E-state index contributed by atoms with van der Waals surface area (Å²) in [5, 5.41) is 13.5. The zero-order valence-electron chi connectivity index (χ0n) is 14.9. The zero-order chi connectivity index (χ0) is 18.8. The van der Waals surface area contributed by atoms with Crippen LogP contribution in [0, 0.1) is 0 Å². The molecule has 0 fully saturated rings. The Bertz CT molecular complexity index is 695. The van der Waals surface area contributed by atoms with Gasteiger partial charge in [-0.2, -0.15) is 0 Å². The number of rotatable bonds is 11. The molecular weight excluding hydrogens is 373 g/mol. The van der Waals surface area contributed by atoms with Crippen LogP contribution in [0.4, 0.5) is 0 Å². The van der Waals surface area contributed by atoms with E-state index in [1.807, 2.05) is 30.3 Å². The monoisotopic (exact) mass is 397 g/mol. The summed E-state index contributed by atoms with van der Waals surface area (Å²) >= 11 is 12.4. The van der Waals surface area contributed by atoms with Crippen LogP contribution in [0.3, 0.4) is 0 Å². The Hall–Kier alpha value is -1.46. The maximum Gasteiger partial charge on any atom is 0.163 e. The summed E-state index contributed by atoms with van der Waals surface area (Å²) < 4.78 is 11.3. The third kappa shape index (κ3) is 6.69. The van der Waals surface area contributed by atoms with Crippen molar-refractivity contribution in [3.8, 4) is 11.5 Å². The Balaban J connectivity index is 1.95. The smallest absolute Gasteiger partial charge is 0.163 e. The molecule has 0 atom stereocenters. The summed E-state index contributed by atoms with van der Waals surface area (Å²) in [6, 6.07) is 11.2. The van der Waals surface area contributed by atoms with Crippen molar-refractivity contribution in [2.45, 2.75) is 32.4 Å². The number of hydrogen-bond acceptors (Lipinski definition) is 4. The first-order chi connectivity index (χ1) is 12.6. The number of aliphatic hydroxyl groups excluding tert-OH is 1. The van der Waals surface area contributed by atoms with Crippen molar-refractivity contribution in [3.05, 3.63) is 57.6 Å². The normalized spacial score (nSPS) is 10.8. The van der Waals surface area contributed by atoms with Gasteiger partial charge < -0.3 is 19.9 Å². The summed E-state index contributed by atoms with van der Waals surface area (Å²) in [5.74, 6) is 1.25. The molecule has 0 amide bonds. The number of methoxy groups -OCH3 is 1. The topological polar surface area (TPSA) is 50.7 Å². The molecule has 0 heterocycles. The highest BCUT2D eigenvalue weighted by Gasteiger charge is 2.11. The minimum absolute atomic E-state index is 0.250. The second-order valence-corrected chi connectivity index (χ2v) is 6.82. The van der Waals surface area contributed by atoms with E-state index in [2.05, 4.69) is 5.32 Å². The van der Waals surface area contributed by atoms with Gasteiger partial charge in [0.2, 0.25) is 0 Å². The molecule has 26 heavy (non-hydrogen) atoms. The molecule has 4 nitrogen and oxygen atoms in total. The van der Waals surface area contributed by atoms with Crippen molar-refractivity contribution >= 4 is 23.2 Å². The van der Waals surface area contributed by atoms with Gasteiger partial charge in [-0.05, 0) is 55.1 Å². The average molecular weight is 398 g/mol. The van der Waals surface area contributed by atoms with Crippen LogP contribution in [0.25, 0.3) is 0 Å². The molecular formula is C20H25Cl2NO3. The summed E-state index contributed by atoms with van der Waals surface area (Å²) in [6.45, 7) is 2.17. The highest BCUT2D eigenvalue weighted by atomic mass is 35.5. The Morgan fingerprint density at radius 1 is 1.04 bits per heavy atom. The van der Waals surface area contributed by atoms with Gasteiger partial charge in [0.05, 0.1) is 7.11 Å². The lowest BCUT2D eigenvalue weighted by atomic mass is 10.2. The minimum atomic E-state index is 0.250. The maximum atomic E-state index is 8.78. The summed E-state index contributed by atoms with van der Waals surface area (Å²) in [4.78, 5) is 0. The van der Waals surface area contributed by atoms with E-state index in [0.29, 0.717) is 34.7 Å². The lowest BCUT2D eigenvalue weighted by molar-refractivity contribution is 0.282. The Kier molecular flexibility index (Phi) is 9.06. The van der Waals surface area contributed by atoms with Crippen LogP contribution in [0.1, 0.15) is 30.4 Å². The standard InChI is InChI=1S/C20H25Cl2NO3/c1-25-19-11-16(13-23-8-3-2-4-9-24)18(22)12-20(19)26-14-15-6-5-7-17(21)10-15/h5-7,10-12,23-24H,2-4,8-9,13-14H2,1H3. The quantitative estimate of drug-likeness (QED) is 0.532. The van der Waals surface area contributed by atoms with Crippen LogP contribution in [0.15, 0.2) is 36.4 Å². The van der Waals surface area contributed by atoms with Gasteiger partial charge in [0.15, 0.2) is 11.5 Å². The average Bonchev–Trinajstić information content (AvgIpc) is 2.64. The fourth-order valence-corrected chi connectivity index (χ4v) is 2.97. The molecule has 0 bridgehead atoms. The van der Waals surface area contributed by atoms with Crippen LogP contribution in [-0.2, 0) is 13.2 Å². The van der Waals surface area contributed by atoms with E-state index in [1.54, 1.807) is 13.2 Å². The fourth-order valence-electron chi connectivity index (χ4n) is 2.53. The third-order valence-corrected chi connectivity index (χ3v) is 4.53.